The second kappa shape index (κ2) is 6.08. The lowest BCUT2D eigenvalue weighted by molar-refractivity contribution is 0.270. The maximum absolute atomic E-state index is 14.1. The molecule has 0 N–H and O–H groups in total. The molecule has 0 bridgehead atoms. The zero-order valence-corrected chi connectivity index (χ0v) is 15.6. The molecular formula is C19H12N3O3PS. The molecule has 0 amide bonds. The van der Waals surface area contributed by atoms with Gasteiger partial charge < -0.3 is 4.62 Å². The van der Waals surface area contributed by atoms with E-state index in [9.17, 15) is 9.36 Å². The lowest BCUT2D eigenvalue weighted by atomic mass is 10.3. The van der Waals surface area contributed by atoms with E-state index >= 15 is 0 Å². The smallest absolute Gasteiger partial charge is 0.330 e. The minimum atomic E-state index is -3.55. The van der Waals surface area contributed by atoms with Crippen LogP contribution in [0.15, 0.2) is 87.8 Å². The predicted molar refractivity (Wildman–Crippen MR) is 104 cm³/mol. The Morgan fingerprint density at radius 1 is 0.889 bits per heavy atom. The van der Waals surface area contributed by atoms with Crippen molar-refractivity contribution in [2.45, 2.75) is 9.79 Å². The molecule has 27 heavy (non-hydrogen) atoms. The minimum Gasteiger partial charge on any atom is -0.344 e. The molecule has 3 heterocycles. The van der Waals surface area contributed by atoms with Crippen LogP contribution in [-0.4, -0.2) is 14.7 Å². The van der Waals surface area contributed by atoms with Gasteiger partial charge >= 0.3 is 12.9 Å². The van der Waals surface area contributed by atoms with E-state index in [1.807, 2.05) is 36.4 Å². The van der Waals surface area contributed by atoms with Gasteiger partial charge in [0.15, 0.2) is 5.52 Å². The summed E-state index contributed by atoms with van der Waals surface area (Å²) >= 11 is 1.53. The SMILES string of the molecule is O=c1c2ncccc2ncn1OP1(=O)c2ccccc2Sc2ccccc21. The standard InChI is InChI=1S/C19H12N3O3PS/c23-19-18-13(6-5-11-20-18)21-12-22(19)25-26(24)14-7-1-3-9-16(14)27-17-10-4-2-8-15(17)26/h1-12H. The molecule has 0 saturated carbocycles. The predicted octanol–water partition coefficient (Wildman–Crippen LogP) is 2.61. The fourth-order valence-electron chi connectivity index (χ4n) is 3.03. The van der Waals surface area contributed by atoms with Crippen LogP contribution >= 0.6 is 19.1 Å². The summed E-state index contributed by atoms with van der Waals surface area (Å²) in [6.07, 6.45) is 2.76. The molecule has 4 aromatic rings. The molecular weight excluding hydrogens is 381 g/mol. The summed E-state index contributed by atoms with van der Waals surface area (Å²) in [6.45, 7) is 0. The molecule has 0 fully saturated rings. The van der Waals surface area contributed by atoms with Crippen molar-refractivity contribution in [3.63, 3.8) is 0 Å². The van der Waals surface area contributed by atoms with Crippen molar-refractivity contribution < 1.29 is 9.19 Å². The second-order valence-electron chi connectivity index (χ2n) is 5.92. The van der Waals surface area contributed by atoms with E-state index in [1.54, 1.807) is 24.3 Å². The average Bonchev–Trinajstić information content (AvgIpc) is 2.71. The van der Waals surface area contributed by atoms with Gasteiger partial charge in [-0.05, 0) is 36.4 Å². The zero-order valence-electron chi connectivity index (χ0n) is 13.9. The number of hydrogen-bond donors (Lipinski definition) is 0. The molecule has 0 atom stereocenters. The molecule has 1 aliphatic heterocycles. The lowest BCUT2D eigenvalue weighted by Crippen LogP contribution is -2.34. The van der Waals surface area contributed by atoms with Crippen LogP contribution in [0.2, 0.25) is 0 Å². The summed E-state index contributed by atoms with van der Waals surface area (Å²) in [5.41, 5.74) is 0.129. The van der Waals surface area contributed by atoms with Gasteiger partial charge in [0.1, 0.15) is 6.33 Å². The van der Waals surface area contributed by atoms with Crippen molar-refractivity contribution in [1.82, 2.24) is 14.7 Å². The van der Waals surface area contributed by atoms with Gasteiger partial charge in [-0.25, -0.2) is 9.97 Å². The third-order valence-electron chi connectivity index (χ3n) is 4.28. The number of fused-ring (bicyclic) bond motifs is 3. The van der Waals surface area contributed by atoms with Crippen LogP contribution in [0.5, 0.6) is 0 Å². The van der Waals surface area contributed by atoms with Crippen LogP contribution in [0.4, 0.5) is 0 Å². The molecule has 0 radical (unpaired) electrons. The van der Waals surface area contributed by atoms with E-state index < -0.39 is 12.9 Å². The third kappa shape index (κ3) is 2.51. The van der Waals surface area contributed by atoms with Gasteiger partial charge in [-0.15, -0.1) is 4.73 Å². The molecule has 132 valence electrons. The van der Waals surface area contributed by atoms with E-state index in [1.165, 1.54) is 24.3 Å². The Bertz CT molecular complexity index is 1260. The molecule has 2 aromatic carbocycles. The first-order valence-electron chi connectivity index (χ1n) is 8.16. The summed E-state index contributed by atoms with van der Waals surface area (Å²) in [6, 6.07) is 18.1. The number of pyridine rings is 1. The Labute approximate surface area is 158 Å². The number of nitrogens with zero attached hydrogens (tertiary/aromatic N) is 3. The topological polar surface area (TPSA) is 74.1 Å². The van der Waals surface area contributed by atoms with Crippen molar-refractivity contribution >= 4 is 40.8 Å². The van der Waals surface area contributed by atoms with Gasteiger partial charge in [-0.1, -0.05) is 36.0 Å². The molecule has 0 aliphatic carbocycles. The van der Waals surface area contributed by atoms with E-state index in [0.29, 0.717) is 16.1 Å². The van der Waals surface area contributed by atoms with Gasteiger partial charge in [0.05, 0.1) is 16.1 Å². The first-order chi connectivity index (χ1) is 13.2. The van der Waals surface area contributed by atoms with E-state index in [4.69, 9.17) is 4.62 Å². The quantitative estimate of drug-likeness (QED) is 0.488. The summed E-state index contributed by atoms with van der Waals surface area (Å²) < 4.78 is 20.9. The first kappa shape index (κ1) is 16.3. The lowest BCUT2D eigenvalue weighted by Gasteiger charge is -2.27. The highest BCUT2D eigenvalue weighted by molar-refractivity contribution is 8.01. The van der Waals surface area contributed by atoms with E-state index in [0.717, 1.165) is 14.5 Å². The number of hydrogen-bond acceptors (Lipinski definition) is 6. The monoisotopic (exact) mass is 393 g/mol. The highest BCUT2D eigenvalue weighted by Gasteiger charge is 2.39. The fourth-order valence-corrected chi connectivity index (χ4v) is 6.99. The molecule has 0 spiro atoms. The zero-order chi connectivity index (χ0) is 18.4. The van der Waals surface area contributed by atoms with E-state index in [-0.39, 0.29) is 5.52 Å². The van der Waals surface area contributed by atoms with Crippen LogP contribution in [-0.2, 0) is 4.57 Å². The largest absolute Gasteiger partial charge is 0.344 e. The van der Waals surface area contributed by atoms with Gasteiger partial charge in [0, 0.05) is 16.0 Å². The van der Waals surface area contributed by atoms with Crippen molar-refractivity contribution in [2.24, 2.45) is 0 Å². The van der Waals surface area contributed by atoms with Crippen LogP contribution in [0.1, 0.15) is 0 Å². The van der Waals surface area contributed by atoms with Gasteiger partial charge in [-0.3, -0.25) is 9.36 Å². The first-order valence-corrected chi connectivity index (χ1v) is 10.6. The number of aromatic nitrogens is 3. The highest BCUT2D eigenvalue weighted by atomic mass is 32.2. The Morgan fingerprint density at radius 3 is 2.26 bits per heavy atom. The third-order valence-corrected chi connectivity index (χ3v) is 8.19. The summed E-state index contributed by atoms with van der Waals surface area (Å²) in [7, 11) is -3.55. The van der Waals surface area contributed by atoms with Crippen LogP contribution in [0, 0.1) is 0 Å². The molecule has 8 heteroatoms. The van der Waals surface area contributed by atoms with Crippen molar-refractivity contribution in [2.75, 3.05) is 0 Å². The van der Waals surface area contributed by atoms with Crippen molar-refractivity contribution in [3.05, 3.63) is 83.5 Å². The maximum atomic E-state index is 14.1. The molecule has 5 rings (SSSR count). The van der Waals surface area contributed by atoms with Crippen LogP contribution < -0.4 is 20.8 Å². The summed E-state index contributed by atoms with van der Waals surface area (Å²) in [5, 5.41) is 1.14. The normalized spacial score (nSPS) is 14.4. The van der Waals surface area contributed by atoms with Gasteiger partial charge in [0.25, 0.3) is 0 Å². The van der Waals surface area contributed by atoms with Crippen molar-refractivity contribution in [3.8, 4) is 0 Å². The summed E-state index contributed by atoms with van der Waals surface area (Å²) in [5.74, 6) is 0. The molecule has 0 unspecified atom stereocenters. The molecule has 0 saturated heterocycles. The van der Waals surface area contributed by atoms with Gasteiger partial charge in [-0.2, -0.15) is 0 Å². The highest BCUT2D eigenvalue weighted by Crippen LogP contribution is 2.51. The van der Waals surface area contributed by atoms with Crippen LogP contribution in [0.3, 0.4) is 0 Å². The van der Waals surface area contributed by atoms with E-state index in [2.05, 4.69) is 9.97 Å². The number of rotatable bonds is 2. The van der Waals surface area contributed by atoms with Crippen LogP contribution in [0.25, 0.3) is 11.0 Å². The molecule has 6 nitrogen and oxygen atoms in total. The average molecular weight is 393 g/mol. The maximum Gasteiger partial charge on any atom is 0.330 e. The summed E-state index contributed by atoms with van der Waals surface area (Å²) in [4.78, 5) is 22.7. The Balaban J connectivity index is 1.73. The molecule has 1 aliphatic rings. The second-order valence-corrected chi connectivity index (χ2v) is 9.23. The Hall–Kier alpha value is -2.89. The fraction of sp³-hybridized carbons (Fsp3) is 0. The Kier molecular flexibility index (Phi) is 3.67. The van der Waals surface area contributed by atoms with Gasteiger partial charge in [0.2, 0.25) is 0 Å². The van der Waals surface area contributed by atoms with Crippen molar-refractivity contribution in [1.29, 1.82) is 0 Å². The number of benzene rings is 2. The molecule has 2 aromatic heterocycles. The minimum absolute atomic E-state index is 0.166. The Morgan fingerprint density at radius 2 is 1.56 bits per heavy atom.